The summed E-state index contributed by atoms with van der Waals surface area (Å²) in [6.07, 6.45) is -3.20. The minimum Gasteiger partial charge on any atom is -0.488 e. The number of carboxylic acids is 1. The molecule has 0 spiro atoms. The standard InChI is InChI=1S/C23H20F4O5/c1-13-14(2)20(5-3-15(13)4-6-21(28)29)30-12-17-11-19(32-23(25,26)27)10-16-9-18(7-8-24)31-22(16)17/h3,5,7-11H,4,6,12H2,1-2H3,(H,28,29)/b8-7+. The minimum absolute atomic E-state index is 0.00137. The maximum atomic E-state index is 12.7. The lowest BCUT2D eigenvalue weighted by molar-refractivity contribution is -0.274. The van der Waals surface area contributed by atoms with Crippen molar-refractivity contribution < 1.29 is 41.4 Å². The Balaban J connectivity index is 1.90. The summed E-state index contributed by atoms with van der Waals surface area (Å²) in [7, 11) is 0. The lowest BCUT2D eigenvalue weighted by atomic mass is 9.99. The fourth-order valence-electron chi connectivity index (χ4n) is 3.34. The number of aliphatic carboxylic acids is 1. The fraction of sp³-hybridized carbons (Fsp3) is 0.261. The maximum Gasteiger partial charge on any atom is 0.573 e. The van der Waals surface area contributed by atoms with Crippen LogP contribution >= 0.6 is 0 Å². The SMILES string of the molecule is Cc1c(CCC(=O)O)ccc(OCc2cc(OC(F)(F)F)cc3cc(/C=C/F)oc23)c1C. The van der Waals surface area contributed by atoms with Gasteiger partial charge in [-0.1, -0.05) is 6.07 Å². The molecule has 5 nitrogen and oxygen atoms in total. The minimum atomic E-state index is -4.88. The average Bonchev–Trinajstić information content (AvgIpc) is 3.09. The number of hydrogen-bond acceptors (Lipinski definition) is 4. The summed E-state index contributed by atoms with van der Waals surface area (Å²) in [6.45, 7) is 3.52. The average molecular weight is 452 g/mol. The van der Waals surface area contributed by atoms with E-state index in [1.807, 2.05) is 13.8 Å². The van der Waals surface area contributed by atoms with Crippen LogP contribution in [0.4, 0.5) is 17.6 Å². The lowest BCUT2D eigenvalue weighted by Gasteiger charge is -2.15. The van der Waals surface area contributed by atoms with E-state index in [2.05, 4.69) is 4.74 Å². The van der Waals surface area contributed by atoms with Crippen LogP contribution < -0.4 is 9.47 Å². The molecular weight excluding hydrogens is 432 g/mol. The molecule has 0 saturated heterocycles. The normalized spacial score (nSPS) is 11.9. The fourth-order valence-corrected chi connectivity index (χ4v) is 3.34. The van der Waals surface area contributed by atoms with Crippen LogP contribution in [-0.4, -0.2) is 17.4 Å². The molecule has 0 aliphatic carbocycles. The second kappa shape index (κ2) is 9.33. The van der Waals surface area contributed by atoms with Crippen LogP contribution in [0.25, 0.3) is 17.0 Å². The summed E-state index contributed by atoms with van der Waals surface area (Å²) in [5.41, 5.74) is 3.06. The Hall–Kier alpha value is -3.49. The number of ether oxygens (including phenoxy) is 2. The van der Waals surface area contributed by atoms with E-state index in [0.29, 0.717) is 17.6 Å². The highest BCUT2D eigenvalue weighted by Gasteiger charge is 2.31. The molecule has 0 fully saturated rings. The van der Waals surface area contributed by atoms with Gasteiger partial charge in [-0.05, 0) is 61.2 Å². The molecule has 1 heterocycles. The van der Waals surface area contributed by atoms with Crippen LogP contribution in [0.15, 0.2) is 41.1 Å². The number of furan rings is 1. The first-order chi connectivity index (χ1) is 15.1. The Morgan fingerprint density at radius 3 is 2.53 bits per heavy atom. The van der Waals surface area contributed by atoms with Gasteiger partial charge in [-0.3, -0.25) is 4.79 Å². The van der Waals surface area contributed by atoms with Gasteiger partial charge >= 0.3 is 12.3 Å². The Bertz CT molecular complexity index is 1160. The van der Waals surface area contributed by atoms with E-state index < -0.39 is 18.1 Å². The monoisotopic (exact) mass is 452 g/mol. The molecule has 0 aliphatic heterocycles. The topological polar surface area (TPSA) is 68.9 Å². The molecule has 32 heavy (non-hydrogen) atoms. The number of rotatable bonds is 8. The van der Waals surface area contributed by atoms with Gasteiger partial charge in [-0.25, -0.2) is 4.39 Å². The van der Waals surface area contributed by atoms with E-state index in [0.717, 1.165) is 34.9 Å². The van der Waals surface area contributed by atoms with Crippen LogP contribution in [-0.2, 0) is 17.8 Å². The molecule has 1 N–H and O–H groups in total. The van der Waals surface area contributed by atoms with Crippen molar-refractivity contribution in [1.82, 2.24) is 0 Å². The summed E-state index contributed by atoms with van der Waals surface area (Å²) >= 11 is 0. The number of alkyl halides is 3. The molecule has 9 heteroatoms. The Morgan fingerprint density at radius 2 is 1.88 bits per heavy atom. The highest BCUT2D eigenvalue weighted by molar-refractivity contribution is 5.84. The molecule has 0 radical (unpaired) electrons. The number of aryl methyl sites for hydroxylation is 1. The summed E-state index contributed by atoms with van der Waals surface area (Å²) in [4.78, 5) is 10.8. The third-order valence-electron chi connectivity index (χ3n) is 4.99. The molecule has 0 saturated carbocycles. The van der Waals surface area contributed by atoms with Crippen molar-refractivity contribution in [2.45, 2.75) is 39.7 Å². The first-order valence-corrected chi connectivity index (χ1v) is 9.60. The van der Waals surface area contributed by atoms with Crippen LogP contribution in [0.3, 0.4) is 0 Å². The smallest absolute Gasteiger partial charge is 0.488 e. The van der Waals surface area contributed by atoms with E-state index in [1.165, 1.54) is 6.07 Å². The molecule has 0 unspecified atom stereocenters. The largest absolute Gasteiger partial charge is 0.573 e. The first-order valence-electron chi connectivity index (χ1n) is 9.60. The van der Waals surface area contributed by atoms with Gasteiger partial charge in [0.15, 0.2) is 0 Å². The molecule has 0 bridgehead atoms. The quantitative estimate of drug-likeness (QED) is 0.396. The molecule has 3 rings (SSSR count). The molecule has 3 aromatic rings. The molecule has 1 aromatic heterocycles. The Kier molecular flexibility index (Phi) is 6.76. The third-order valence-corrected chi connectivity index (χ3v) is 4.99. The van der Waals surface area contributed by atoms with Crippen molar-refractivity contribution in [3.05, 3.63) is 64.7 Å². The van der Waals surface area contributed by atoms with E-state index in [9.17, 15) is 22.4 Å². The van der Waals surface area contributed by atoms with Crippen LogP contribution in [0.1, 0.15) is 34.4 Å². The van der Waals surface area contributed by atoms with Gasteiger partial charge in [0.1, 0.15) is 29.4 Å². The van der Waals surface area contributed by atoms with Crippen molar-refractivity contribution >= 4 is 23.0 Å². The molecule has 0 amide bonds. The predicted molar refractivity (Wildman–Crippen MR) is 109 cm³/mol. The number of hydrogen-bond donors (Lipinski definition) is 1. The van der Waals surface area contributed by atoms with E-state index in [-0.39, 0.29) is 36.3 Å². The highest BCUT2D eigenvalue weighted by Crippen LogP contribution is 2.33. The van der Waals surface area contributed by atoms with Gasteiger partial charge in [0.2, 0.25) is 0 Å². The zero-order valence-electron chi connectivity index (χ0n) is 17.3. The van der Waals surface area contributed by atoms with Crippen molar-refractivity contribution in [2.75, 3.05) is 0 Å². The second-order valence-electron chi connectivity index (χ2n) is 7.15. The van der Waals surface area contributed by atoms with Crippen LogP contribution in [0.5, 0.6) is 11.5 Å². The van der Waals surface area contributed by atoms with Crippen molar-refractivity contribution in [2.24, 2.45) is 0 Å². The number of carboxylic acid groups (broad SMARTS) is 1. The lowest BCUT2D eigenvalue weighted by Crippen LogP contribution is -2.17. The third kappa shape index (κ3) is 5.60. The number of halogens is 4. The van der Waals surface area contributed by atoms with Gasteiger partial charge in [0.05, 0.1) is 6.33 Å². The summed E-state index contributed by atoms with van der Waals surface area (Å²) in [5, 5.41) is 9.18. The van der Waals surface area contributed by atoms with Crippen LogP contribution in [0, 0.1) is 13.8 Å². The van der Waals surface area contributed by atoms with E-state index >= 15 is 0 Å². The molecule has 0 aliphatic rings. The maximum absolute atomic E-state index is 12.7. The number of fused-ring (bicyclic) bond motifs is 1. The van der Waals surface area contributed by atoms with Gasteiger partial charge in [-0.15, -0.1) is 13.2 Å². The van der Waals surface area contributed by atoms with Gasteiger partial charge in [0, 0.05) is 23.4 Å². The second-order valence-corrected chi connectivity index (χ2v) is 7.15. The number of carbonyl (C=O) groups is 1. The zero-order valence-corrected chi connectivity index (χ0v) is 17.3. The van der Waals surface area contributed by atoms with Crippen LogP contribution in [0.2, 0.25) is 0 Å². The summed E-state index contributed by atoms with van der Waals surface area (Å²) in [5.74, 6) is -0.722. The van der Waals surface area contributed by atoms with Gasteiger partial charge < -0.3 is 19.0 Å². The molecule has 170 valence electrons. The molecule has 2 aromatic carbocycles. The van der Waals surface area contributed by atoms with Crippen molar-refractivity contribution in [3.63, 3.8) is 0 Å². The molecule has 0 atom stereocenters. The predicted octanol–water partition coefficient (Wildman–Crippen LogP) is 6.48. The summed E-state index contributed by atoms with van der Waals surface area (Å²) in [6, 6.07) is 7.15. The first kappa shape index (κ1) is 23.2. The van der Waals surface area contributed by atoms with Crippen molar-refractivity contribution in [1.29, 1.82) is 0 Å². The van der Waals surface area contributed by atoms with Gasteiger partial charge in [-0.2, -0.15) is 0 Å². The van der Waals surface area contributed by atoms with E-state index in [4.69, 9.17) is 14.3 Å². The number of benzene rings is 2. The Morgan fingerprint density at radius 1 is 1.12 bits per heavy atom. The highest BCUT2D eigenvalue weighted by atomic mass is 19.4. The van der Waals surface area contributed by atoms with Crippen molar-refractivity contribution in [3.8, 4) is 11.5 Å². The van der Waals surface area contributed by atoms with Gasteiger partial charge in [0.25, 0.3) is 0 Å². The Labute approximate surface area is 180 Å². The zero-order chi connectivity index (χ0) is 23.5. The van der Waals surface area contributed by atoms with E-state index in [1.54, 1.807) is 12.1 Å². The molecular formula is C23H20F4O5. The summed E-state index contributed by atoms with van der Waals surface area (Å²) < 4.78 is 66.1.